The van der Waals surface area contributed by atoms with Gasteiger partial charge >= 0.3 is 47.4 Å². The highest BCUT2D eigenvalue weighted by Crippen LogP contribution is 2.66. The van der Waals surface area contributed by atoms with Crippen molar-refractivity contribution in [2.24, 2.45) is 5.41 Å². The SMILES string of the molecule is CC(C)(C)C(F)(F)C(F)(F)C(F)(F)C(F)(F)C(F)(F)C(F)(F)C(F)(F)C(F)(F)c1cccs1. The number of rotatable bonds is 8. The first-order valence-electron chi connectivity index (χ1n) is 8.17. The summed E-state index contributed by atoms with van der Waals surface area (Å²) in [4.78, 5) is -2.11. The molecule has 0 saturated heterocycles. The molecule has 0 spiro atoms. The van der Waals surface area contributed by atoms with E-state index in [-0.39, 0.29) is 26.8 Å². The van der Waals surface area contributed by atoms with E-state index in [4.69, 9.17) is 0 Å². The summed E-state index contributed by atoms with van der Waals surface area (Å²) in [5.74, 6) is -60.9. The monoisotopic (exact) mass is 540 g/mol. The van der Waals surface area contributed by atoms with Crippen LogP contribution in [0.3, 0.4) is 0 Å². The second kappa shape index (κ2) is 7.54. The quantitative estimate of drug-likeness (QED) is 0.291. The standard InChI is InChI=1S/C16H12F16S/c1-8(2,3)10(19,20)12(23,24)14(27,28)16(31,32)15(29,30)13(25,26)11(21,22)9(17,18)7-5-4-6-33-7/h4-6H,1-3H3. The third-order valence-electron chi connectivity index (χ3n) is 4.53. The van der Waals surface area contributed by atoms with Gasteiger partial charge in [-0.1, -0.05) is 26.8 Å². The van der Waals surface area contributed by atoms with Crippen LogP contribution in [0.25, 0.3) is 0 Å². The molecule has 0 unspecified atom stereocenters. The largest absolute Gasteiger partial charge is 0.385 e. The Labute approximate surface area is 178 Å². The van der Waals surface area contributed by atoms with Gasteiger partial charge in [-0.3, -0.25) is 0 Å². The van der Waals surface area contributed by atoms with Crippen molar-refractivity contribution in [3.05, 3.63) is 22.4 Å². The van der Waals surface area contributed by atoms with E-state index in [1.807, 2.05) is 0 Å². The molecule has 1 aromatic heterocycles. The van der Waals surface area contributed by atoms with Gasteiger partial charge in [0.15, 0.2) is 0 Å². The molecular formula is C16H12F16S. The van der Waals surface area contributed by atoms with Gasteiger partial charge in [0, 0.05) is 5.41 Å². The summed E-state index contributed by atoms with van der Waals surface area (Å²) in [5.41, 5.74) is -3.38. The molecule has 0 nitrogen and oxygen atoms in total. The summed E-state index contributed by atoms with van der Waals surface area (Å²) < 4.78 is 220. The zero-order valence-corrected chi connectivity index (χ0v) is 17.0. The molecular weight excluding hydrogens is 528 g/mol. The highest BCUT2D eigenvalue weighted by Gasteiger charge is 2.95. The molecule has 0 bridgehead atoms. The van der Waals surface area contributed by atoms with Crippen LogP contribution in [0.1, 0.15) is 25.6 Å². The third kappa shape index (κ3) is 3.58. The fraction of sp³-hybridized carbons (Fsp3) is 0.750. The summed E-state index contributed by atoms with van der Waals surface area (Å²) in [5, 5.41) is 0.535. The maximum atomic E-state index is 13.8. The van der Waals surface area contributed by atoms with Gasteiger partial charge in [-0.15, -0.1) is 11.3 Å². The average molecular weight is 540 g/mol. The van der Waals surface area contributed by atoms with Crippen molar-refractivity contribution >= 4 is 11.3 Å². The molecule has 0 atom stereocenters. The average Bonchev–Trinajstić information content (AvgIpc) is 3.14. The summed E-state index contributed by atoms with van der Waals surface area (Å²) in [6, 6.07) is 0.482. The molecule has 0 N–H and O–H groups in total. The molecule has 0 aromatic carbocycles. The number of thiophene rings is 1. The Kier molecular flexibility index (Phi) is 6.76. The normalized spacial score (nSPS) is 16.3. The predicted molar refractivity (Wildman–Crippen MR) is 82.3 cm³/mol. The fourth-order valence-corrected chi connectivity index (χ4v) is 3.00. The van der Waals surface area contributed by atoms with Crippen molar-refractivity contribution in [3.63, 3.8) is 0 Å². The lowest BCUT2D eigenvalue weighted by atomic mass is 9.79. The summed E-state index contributed by atoms with van der Waals surface area (Å²) in [6.07, 6.45) is 0. The van der Waals surface area contributed by atoms with Crippen LogP contribution in [0.4, 0.5) is 70.2 Å². The van der Waals surface area contributed by atoms with Crippen molar-refractivity contribution in [1.29, 1.82) is 0 Å². The molecule has 33 heavy (non-hydrogen) atoms. The molecule has 194 valence electrons. The van der Waals surface area contributed by atoms with Gasteiger partial charge in [0.05, 0.1) is 4.88 Å². The van der Waals surface area contributed by atoms with E-state index < -0.39 is 69.0 Å². The van der Waals surface area contributed by atoms with Gasteiger partial charge < -0.3 is 0 Å². The van der Waals surface area contributed by atoms with Gasteiger partial charge in [0.1, 0.15) is 0 Å². The lowest BCUT2D eigenvalue weighted by Gasteiger charge is -2.45. The van der Waals surface area contributed by atoms with Gasteiger partial charge in [0.2, 0.25) is 0 Å². The van der Waals surface area contributed by atoms with Gasteiger partial charge in [-0.25, -0.2) is 0 Å². The molecule has 0 fully saturated rings. The van der Waals surface area contributed by atoms with Gasteiger partial charge in [0.25, 0.3) is 0 Å². The van der Waals surface area contributed by atoms with E-state index in [1.54, 1.807) is 0 Å². The number of alkyl halides is 16. The topological polar surface area (TPSA) is 0 Å². The van der Waals surface area contributed by atoms with E-state index >= 15 is 0 Å². The maximum absolute atomic E-state index is 13.8. The summed E-state index contributed by atoms with van der Waals surface area (Å²) in [6.45, 7) is 0.160. The Morgan fingerprint density at radius 3 is 1.06 bits per heavy atom. The Morgan fingerprint density at radius 2 is 0.788 bits per heavy atom. The van der Waals surface area contributed by atoms with Crippen LogP contribution in [0, 0.1) is 5.41 Å². The smallest absolute Gasteiger partial charge is 0.199 e. The van der Waals surface area contributed by atoms with Crippen LogP contribution in [-0.2, 0) is 5.92 Å². The summed E-state index contributed by atoms with van der Waals surface area (Å²) in [7, 11) is 0. The Bertz CT molecular complexity index is 831. The van der Waals surface area contributed by atoms with E-state index in [9.17, 15) is 70.2 Å². The second-order valence-electron chi connectivity index (χ2n) is 7.82. The molecule has 0 radical (unpaired) electrons. The maximum Gasteiger partial charge on any atom is 0.385 e. The van der Waals surface area contributed by atoms with Crippen molar-refractivity contribution < 1.29 is 70.2 Å². The highest BCUT2D eigenvalue weighted by molar-refractivity contribution is 7.10. The Morgan fingerprint density at radius 1 is 0.485 bits per heavy atom. The molecule has 0 amide bonds. The van der Waals surface area contributed by atoms with Gasteiger partial charge in [-0.2, -0.15) is 70.2 Å². The van der Waals surface area contributed by atoms with Crippen LogP contribution >= 0.6 is 11.3 Å². The summed E-state index contributed by atoms with van der Waals surface area (Å²) >= 11 is -0.456. The minimum atomic E-state index is -8.40. The molecule has 1 aromatic rings. The first-order valence-corrected chi connectivity index (χ1v) is 9.05. The Hall–Kier alpha value is -1.42. The minimum absolute atomic E-state index is 0.0302. The van der Waals surface area contributed by atoms with Crippen molar-refractivity contribution in [2.45, 2.75) is 68.2 Å². The van der Waals surface area contributed by atoms with Crippen LogP contribution < -0.4 is 0 Å². The lowest BCUT2D eigenvalue weighted by Crippen LogP contribution is -2.75. The highest BCUT2D eigenvalue weighted by atomic mass is 32.1. The van der Waals surface area contributed by atoms with Crippen molar-refractivity contribution in [3.8, 4) is 0 Å². The molecule has 0 saturated carbocycles. The third-order valence-corrected chi connectivity index (χ3v) is 5.47. The Balaban J connectivity index is 3.74. The minimum Gasteiger partial charge on any atom is -0.199 e. The van der Waals surface area contributed by atoms with E-state index in [0.717, 1.165) is 0 Å². The van der Waals surface area contributed by atoms with Gasteiger partial charge in [-0.05, 0) is 11.4 Å². The molecule has 1 rings (SSSR count). The van der Waals surface area contributed by atoms with E-state index in [1.165, 1.54) is 0 Å². The number of halogens is 16. The van der Waals surface area contributed by atoms with E-state index in [2.05, 4.69) is 0 Å². The van der Waals surface area contributed by atoms with E-state index in [0.29, 0.717) is 11.4 Å². The first kappa shape index (κ1) is 29.6. The fourth-order valence-electron chi connectivity index (χ4n) is 2.27. The number of hydrogen-bond donors (Lipinski definition) is 0. The molecule has 0 aliphatic rings. The van der Waals surface area contributed by atoms with Crippen LogP contribution in [-0.4, -0.2) is 41.5 Å². The molecule has 17 heteroatoms. The predicted octanol–water partition coefficient (Wildman–Crippen LogP) is 8.33. The molecule has 1 heterocycles. The molecule has 0 aliphatic carbocycles. The first-order chi connectivity index (χ1) is 14.1. The zero-order chi connectivity index (χ0) is 26.9. The van der Waals surface area contributed by atoms with Crippen LogP contribution in [0.15, 0.2) is 17.5 Å². The second-order valence-corrected chi connectivity index (χ2v) is 8.77. The van der Waals surface area contributed by atoms with Crippen molar-refractivity contribution in [2.75, 3.05) is 0 Å². The van der Waals surface area contributed by atoms with Crippen LogP contribution in [0.5, 0.6) is 0 Å². The molecule has 0 aliphatic heterocycles. The number of hydrogen-bond acceptors (Lipinski definition) is 1. The zero-order valence-electron chi connectivity index (χ0n) is 16.2. The van der Waals surface area contributed by atoms with Crippen molar-refractivity contribution in [1.82, 2.24) is 0 Å². The lowest BCUT2D eigenvalue weighted by molar-refractivity contribution is -0.458. The van der Waals surface area contributed by atoms with Crippen LogP contribution in [0.2, 0.25) is 0 Å².